The third kappa shape index (κ3) is 3.86. The SMILES string of the molecule is Cc1ccc(C)c(Nc2ncnc(NNc3ccccc3)c2[N+](=O)[O-])c1. The summed E-state index contributed by atoms with van der Waals surface area (Å²) < 4.78 is 0. The van der Waals surface area contributed by atoms with E-state index in [0.717, 1.165) is 22.5 Å². The highest BCUT2D eigenvalue weighted by Gasteiger charge is 2.23. The Bertz CT molecular complexity index is 930. The van der Waals surface area contributed by atoms with Gasteiger partial charge in [-0.05, 0) is 43.2 Å². The first-order valence-electron chi connectivity index (χ1n) is 7.95. The van der Waals surface area contributed by atoms with Gasteiger partial charge in [-0.25, -0.2) is 9.97 Å². The van der Waals surface area contributed by atoms with E-state index < -0.39 is 4.92 Å². The summed E-state index contributed by atoms with van der Waals surface area (Å²) in [6.07, 6.45) is 1.27. The molecule has 0 aliphatic carbocycles. The molecule has 0 atom stereocenters. The number of nitrogens with one attached hydrogen (secondary N) is 3. The van der Waals surface area contributed by atoms with Crippen LogP contribution in [-0.2, 0) is 0 Å². The third-order valence-electron chi connectivity index (χ3n) is 3.75. The zero-order valence-electron chi connectivity index (χ0n) is 14.4. The summed E-state index contributed by atoms with van der Waals surface area (Å²) >= 11 is 0. The summed E-state index contributed by atoms with van der Waals surface area (Å²) in [6.45, 7) is 3.88. The molecule has 0 saturated heterocycles. The van der Waals surface area contributed by atoms with Gasteiger partial charge in [0.15, 0.2) is 0 Å². The van der Waals surface area contributed by atoms with Crippen molar-refractivity contribution in [1.29, 1.82) is 0 Å². The van der Waals surface area contributed by atoms with Crippen LogP contribution in [0.5, 0.6) is 0 Å². The standard InChI is InChI=1S/C18H18N6O2/c1-12-8-9-13(2)15(10-12)21-17-16(24(25)26)18(20-11-19-17)23-22-14-6-4-3-5-7-14/h3-11,22H,1-2H3,(H2,19,20,21,23). The number of hydrazine groups is 1. The van der Waals surface area contributed by atoms with E-state index in [9.17, 15) is 10.1 Å². The molecule has 0 fully saturated rings. The maximum absolute atomic E-state index is 11.6. The maximum atomic E-state index is 11.6. The van der Waals surface area contributed by atoms with Crippen molar-refractivity contribution in [3.05, 3.63) is 76.1 Å². The molecule has 3 rings (SSSR count). The van der Waals surface area contributed by atoms with Gasteiger partial charge in [0, 0.05) is 5.69 Å². The van der Waals surface area contributed by atoms with Crippen LogP contribution in [0.3, 0.4) is 0 Å². The van der Waals surface area contributed by atoms with Gasteiger partial charge in [0.25, 0.3) is 0 Å². The van der Waals surface area contributed by atoms with Crippen molar-refractivity contribution in [2.45, 2.75) is 13.8 Å². The molecule has 3 N–H and O–H groups in total. The first-order chi connectivity index (χ1) is 12.5. The van der Waals surface area contributed by atoms with Crippen molar-refractivity contribution in [2.24, 2.45) is 0 Å². The number of nitro groups is 1. The van der Waals surface area contributed by atoms with Gasteiger partial charge in [0.05, 0.1) is 10.6 Å². The van der Waals surface area contributed by atoms with Crippen LogP contribution in [0.2, 0.25) is 0 Å². The molecule has 0 spiro atoms. The predicted octanol–water partition coefficient (Wildman–Crippen LogP) is 4.18. The summed E-state index contributed by atoms with van der Waals surface area (Å²) in [5, 5.41) is 14.7. The highest BCUT2D eigenvalue weighted by molar-refractivity contribution is 5.75. The number of benzene rings is 2. The molecule has 26 heavy (non-hydrogen) atoms. The van der Waals surface area contributed by atoms with Crippen LogP contribution in [0.1, 0.15) is 11.1 Å². The number of rotatable bonds is 6. The molecule has 8 heteroatoms. The molecule has 0 amide bonds. The van der Waals surface area contributed by atoms with E-state index in [0.29, 0.717) is 0 Å². The van der Waals surface area contributed by atoms with Gasteiger partial charge in [0.2, 0.25) is 11.6 Å². The summed E-state index contributed by atoms with van der Waals surface area (Å²) in [5.74, 6) is 0.192. The lowest BCUT2D eigenvalue weighted by atomic mass is 10.1. The zero-order valence-corrected chi connectivity index (χ0v) is 14.4. The lowest BCUT2D eigenvalue weighted by molar-refractivity contribution is -0.383. The van der Waals surface area contributed by atoms with Gasteiger partial charge >= 0.3 is 5.69 Å². The van der Waals surface area contributed by atoms with Crippen LogP contribution in [0.15, 0.2) is 54.9 Å². The van der Waals surface area contributed by atoms with E-state index in [-0.39, 0.29) is 17.3 Å². The fourth-order valence-electron chi connectivity index (χ4n) is 2.39. The smallest absolute Gasteiger partial charge is 0.334 e. The molecule has 0 unspecified atom stereocenters. The van der Waals surface area contributed by atoms with Gasteiger partial charge < -0.3 is 5.32 Å². The second-order valence-electron chi connectivity index (χ2n) is 5.74. The Kier molecular flexibility index (Phi) is 4.93. The van der Waals surface area contributed by atoms with Crippen molar-refractivity contribution in [3.63, 3.8) is 0 Å². The number of hydrogen-bond acceptors (Lipinski definition) is 7. The second-order valence-corrected chi connectivity index (χ2v) is 5.74. The predicted molar refractivity (Wildman–Crippen MR) is 102 cm³/mol. The zero-order chi connectivity index (χ0) is 18.5. The highest BCUT2D eigenvalue weighted by atomic mass is 16.6. The van der Waals surface area contributed by atoms with Crippen LogP contribution in [0.4, 0.5) is 28.7 Å². The van der Waals surface area contributed by atoms with E-state index in [1.807, 2.05) is 62.4 Å². The molecule has 0 aliphatic rings. The van der Waals surface area contributed by atoms with Crippen molar-refractivity contribution in [1.82, 2.24) is 9.97 Å². The molecular formula is C18H18N6O2. The summed E-state index contributed by atoms with van der Waals surface area (Å²) in [6, 6.07) is 15.1. The lowest BCUT2D eigenvalue weighted by Crippen LogP contribution is -2.13. The number of aryl methyl sites for hydroxylation is 2. The first-order valence-corrected chi connectivity index (χ1v) is 7.95. The van der Waals surface area contributed by atoms with Gasteiger partial charge in [-0.1, -0.05) is 30.3 Å². The highest BCUT2D eigenvalue weighted by Crippen LogP contribution is 2.32. The van der Waals surface area contributed by atoms with Crippen molar-refractivity contribution in [3.8, 4) is 0 Å². The van der Waals surface area contributed by atoms with Gasteiger partial charge in [-0.15, -0.1) is 0 Å². The van der Waals surface area contributed by atoms with Crippen LogP contribution >= 0.6 is 0 Å². The fraction of sp³-hybridized carbons (Fsp3) is 0.111. The fourth-order valence-corrected chi connectivity index (χ4v) is 2.39. The number of hydrogen-bond donors (Lipinski definition) is 3. The Labute approximate surface area is 150 Å². The largest absolute Gasteiger partial charge is 0.355 e. The van der Waals surface area contributed by atoms with E-state index in [2.05, 4.69) is 26.1 Å². The Balaban J connectivity index is 1.91. The molecule has 1 heterocycles. The molecule has 3 aromatic rings. The molecule has 0 aliphatic heterocycles. The van der Waals surface area contributed by atoms with Crippen LogP contribution in [-0.4, -0.2) is 14.9 Å². The molecule has 1 aromatic heterocycles. The number of nitrogens with zero attached hydrogens (tertiary/aromatic N) is 3. The monoisotopic (exact) mass is 350 g/mol. The molecule has 0 bridgehead atoms. The number of aromatic nitrogens is 2. The number of anilines is 4. The maximum Gasteiger partial charge on any atom is 0.355 e. The van der Waals surface area contributed by atoms with Crippen LogP contribution in [0, 0.1) is 24.0 Å². The van der Waals surface area contributed by atoms with Gasteiger partial charge in [0.1, 0.15) is 6.33 Å². The second kappa shape index (κ2) is 7.47. The molecule has 8 nitrogen and oxygen atoms in total. The minimum atomic E-state index is -0.511. The molecule has 0 saturated carbocycles. The lowest BCUT2D eigenvalue weighted by Gasteiger charge is -2.13. The number of para-hydroxylation sites is 1. The average Bonchev–Trinajstić information content (AvgIpc) is 2.63. The van der Waals surface area contributed by atoms with Crippen LogP contribution < -0.4 is 16.2 Å². The summed E-state index contributed by atoms with van der Waals surface area (Å²) in [5.41, 5.74) is 8.95. The Morgan fingerprint density at radius 2 is 1.69 bits per heavy atom. The minimum absolute atomic E-state index is 0.0710. The summed E-state index contributed by atoms with van der Waals surface area (Å²) in [4.78, 5) is 19.1. The topological polar surface area (TPSA) is 105 Å². The Morgan fingerprint density at radius 1 is 0.962 bits per heavy atom. The van der Waals surface area contributed by atoms with Crippen molar-refractivity contribution < 1.29 is 4.92 Å². The van der Waals surface area contributed by atoms with E-state index in [1.54, 1.807) is 0 Å². The van der Waals surface area contributed by atoms with Gasteiger partial charge in [-0.3, -0.25) is 21.0 Å². The first kappa shape index (κ1) is 17.2. The average molecular weight is 350 g/mol. The van der Waals surface area contributed by atoms with Crippen molar-refractivity contribution >= 4 is 28.7 Å². The van der Waals surface area contributed by atoms with Crippen molar-refractivity contribution in [2.75, 3.05) is 16.2 Å². The normalized spacial score (nSPS) is 10.2. The molecule has 0 radical (unpaired) electrons. The molecular weight excluding hydrogens is 332 g/mol. The summed E-state index contributed by atoms with van der Waals surface area (Å²) in [7, 11) is 0. The van der Waals surface area contributed by atoms with E-state index in [1.165, 1.54) is 6.33 Å². The van der Waals surface area contributed by atoms with Crippen LogP contribution in [0.25, 0.3) is 0 Å². The van der Waals surface area contributed by atoms with Gasteiger partial charge in [-0.2, -0.15) is 0 Å². The minimum Gasteiger partial charge on any atom is -0.334 e. The molecule has 132 valence electrons. The van der Waals surface area contributed by atoms with E-state index in [4.69, 9.17) is 0 Å². The molecule has 2 aromatic carbocycles. The Morgan fingerprint density at radius 3 is 2.42 bits per heavy atom. The quantitative estimate of drug-likeness (QED) is 0.452. The third-order valence-corrected chi connectivity index (χ3v) is 3.75. The Hall–Kier alpha value is -3.68. The van der Waals surface area contributed by atoms with E-state index >= 15 is 0 Å².